The van der Waals surface area contributed by atoms with Gasteiger partial charge in [-0.25, -0.2) is 0 Å². The zero-order valence-corrected chi connectivity index (χ0v) is 18.7. The first-order valence-corrected chi connectivity index (χ1v) is 11.5. The van der Waals surface area contributed by atoms with Crippen molar-refractivity contribution in [1.82, 2.24) is 4.90 Å². The van der Waals surface area contributed by atoms with Gasteiger partial charge in [0, 0.05) is 13.0 Å². The van der Waals surface area contributed by atoms with Gasteiger partial charge in [0.2, 0.25) is 5.78 Å². The van der Waals surface area contributed by atoms with Crippen molar-refractivity contribution >= 4 is 23.0 Å². The number of hydrogen-bond acceptors (Lipinski definition) is 7. The molecule has 0 saturated carbocycles. The Labute approximate surface area is 190 Å². The Morgan fingerprint density at radius 3 is 2.81 bits per heavy atom. The number of thiophene rings is 1. The molecule has 32 heavy (non-hydrogen) atoms. The van der Waals surface area contributed by atoms with Crippen LogP contribution in [0, 0.1) is 0 Å². The van der Waals surface area contributed by atoms with E-state index in [9.17, 15) is 19.8 Å². The van der Waals surface area contributed by atoms with E-state index >= 15 is 0 Å². The molecule has 170 valence electrons. The quantitative estimate of drug-likeness (QED) is 0.565. The Hall–Kier alpha value is -2.88. The third-order valence-electron chi connectivity index (χ3n) is 5.93. The molecular weight excluding hydrogens is 432 g/mol. The molecule has 0 spiro atoms. The number of quaternary nitrogens is 1. The number of ketones is 1. The lowest BCUT2D eigenvalue weighted by atomic mass is 9.95. The van der Waals surface area contributed by atoms with Crippen molar-refractivity contribution in [3.63, 3.8) is 0 Å². The second kappa shape index (κ2) is 9.72. The average molecular weight is 459 g/mol. The number of hydrogen-bond donors (Lipinski definition) is 2. The van der Waals surface area contributed by atoms with E-state index in [1.165, 1.54) is 34.3 Å². The summed E-state index contributed by atoms with van der Waals surface area (Å²) in [5, 5.41) is 24.5. The second-order valence-corrected chi connectivity index (χ2v) is 8.79. The average Bonchev–Trinajstić information content (AvgIpc) is 3.43. The van der Waals surface area contributed by atoms with E-state index in [1.54, 1.807) is 29.6 Å². The van der Waals surface area contributed by atoms with Gasteiger partial charge in [-0.1, -0.05) is 23.9 Å². The van der Waals surface area contributed by atoms with E-state index < -0.39 is 17.7 Å². The molecule has 9 heteroatoms. The second-order valence-electron chi connectivity index (χ2n) is 7.85. The molecule has 4 rings (SSSR count). The first kappa shape index (κ1) is 22.3. The van der Waals surface area contributed by atoms with E-state index in [2.05, 4.69) is 0 Å². The third kappa shape index (κ3) is 4.36. The maximum atomic E-state index is 13.2. The van der Waals surface area contributed by atoms with Crippen LogP contribution in [-0.2, 0) is 9.53 Å². The number of carbonyl (C=O) groups is 2. The number of carbonyl (C=O) groups excluding carboxylic acids is 2. The summed E-state index contributed by atoms with van der Waals surface area (Å²) in [7, 11) is 1.40. The van der Waals surface area contributed by atoms with Crippen LogP contribution >= 0.6 is 11.3 Å². The van der Waals surface area contributed by atoms with Gasteiger partial charge >= 0.3 is 0 Å². The van der Waals surface area contributed by atoms with Crippen molar-refractivity contribution in [2.45, 2.75) is 12.5 Å². The van der Waals surface area contributed by atoms with Crippen LogP contribution < -0.4 is 14.7 Å². The molecule has 0 aliphatic carbocycles. The number of morpholine rings is 1. The van der Waals surface area contributed by atoms with Gasteiger partial charge < -0.3 is 29.5 Å². The van der Waals surface area contributed by atoms with Crippen molar-refractivity contribution in [1.29, 1.82) is 0 Å². The van der Waals surface area contributed by atoms with Gasteiger partial charge in [0.15, 0.2) is 5.76 Å². The van der Waals surface area contributed by atoms with Gasteiger partial charge in [0.1, 0.15) is 18.8 Å². The van der Waals surface area contributed by atoms with E-state index in [0.29, 0.717) is 23.4 Å². The fourth-order valence-corrected chi connectivity index (χ4v) is 4.94. The van der Waals surface area contributed by atoms with Crippen LogP contribution in [-0.4, -0.2) is 68.2 Å². The highest BCUT2D eigenvalue weighted by molar-refractivity contribution is 7.12. The predicted octanol–water partition coefficient (Wildman–Crippen LogP) is 0.714. The SMILES string of the molecule is COc1cc(C2C(C(=O)c3cccs3)=C(O)C(=O)N2CCC[NH+]2CCOCC2)ccc1[O-]. The van der Waals surface area contributed by atoms with Crippen molar-refractivity contribution in [2.75, 3.05) is 46.5 Å². The number of aliphatic hydroxyl groups excluding tert-OH is 1. The summed E-state index contributed by atoms with van der Waals surface area (Å²) in [6, 6.07) is 7.12. The summed E-state index contributed by atoms with van der Waals surface area (Å²) in [6.07, 6.45) is 0.710. The lowest BCUT2D eigenvalue weighted by Crippen LogP contribution is -3.14. The zero-order valence-electron chi connectivity index (χ0n) is 17.8. The van der Waals surface area contributed by atoms with Crippen LogP contribution in [0.1, 0.15) is 27.7 Å². The van der Waals surface area contributed by atoms with Crippen LogP contribution in [0.2, 0.25) is 0 Å². The maximum Gasteiger partial charge on any atom is 0.290 e. The molecule has 2 aliphatic rings. The minimum Gasteiger partial charge on any atom is -0.870 e. The largest absolute Gasteiger partial charge is 0.870 e. The summed E-state index contributed by atoms with van der Waals surface area (Å²) in [5.41, 5.74) is 0.592. The zero-order chi connectivity index (χ0) is 22.7. The summed E-state index contributed by atoms with van der Waals surface area (Å²) >= 11 is 1.25. The lowest BCUT2D eigenvalue weighted by Gasteiger charge is -2.29. The molecule has 1 aromatic heterocycles. The van der Waals surface area contributed by atoms with E-state index in [1.807, 2.05) is 0 Å². The highest BCUT2D eigenvalue weighted by atomic mass is 32.1. The number of nitrogens with zero attached hydrogens (tertiary/aromatic N) is 1. The number of benzene rings is 1. The van der Waals surface area contributed by atoms with Crippen LogP contribution in [0.3, 0.4) is 0 Å². The maximum absolute atomic E-state index is 13.2. The Kier molecular flexibility index (Phi) is 6.78. The van der Waals surface area contributed by atoms with Crippen molar-refractivity contribution in [3.8, 4) is 11.5 Å². The molecule has 0 bridgehead atoms. The predicted molar refractivity (Wildman–Crippen MR) is 116 cm³/mol. The van der Waals surface area contributed by atoms with Crippen LogP contribution in [0.25, 0.3) is 0 Å². The number of nitrogens with one attached hydrogen (secondary N) is 1. The number of Topliss-reactive ketones (excluding diaryl/α,β-unsaturated/α-hetero) is 1. The molecule has 8 nitrogen and oxygen atoms in total. The summed E-state index contributed by atoms with van der Waals surface area (Å²) in [4.78, 5) is 29.6. The number of amides is 1. The standard InChI is InChI=1S/C23H26N2O6S/c1-30-17-14-15(5-6-16(17)26)20-19(21(27)18-4-2-13-32-18)22(28)23(29)25(20)8-3-7-24-9-11-31-12-10-24/h2,4-6,13-14,20,26,28H,3,7-12H2,1H3. The van der Waals surface area contributed by atoms with Gasteiger partial charge in [-0.15, -0.1) is 11.3 Å². The van der Waals surface area contributed by atoms with E-state index in [-0.39, 0.29) is 22.9 Å². The van der Waals surface area contributed by atoms with E-state index in [0.717, 1.165) is 32.8 Å². The molecule has 1 unspecified atom stereocenters. The fourth-order valence-electron chi connectivity index (χ4n) is 4.27. The summed E-state index contributed by atoms with van der Waals surface area (Å²) < 4.78 is 10.6. The molecule has 1 aromatic carbocycles. The summed E-state index contributed by atoms with van der Waals surface area (Å²) in [5.74, 6) is -1.65. The Morgan fingerprint density at radius 2 is 2.12 bits per heavy atom. The van der Waals surface area contributed by atoms with E-state index in [4.69, 9.17) is 9.47 Å². The van der Waals surface area contributed by atoms with Crippen LogP contribution in [0.5, 0.6) is 11.5 Å². The van der Waals surface area contributed by atoms with Crippen molar-refractivity contribution in [3.05, 3.63) is 57.5 Å². The highest BCUT2D eigenvalue weighted by Crippen LogP contribution is 2.41. The number of ether oxygens (including phenoxy) is 2. The topological polar surface area (TPSA) is 104 Å². The van der Waals surface area contributed by atoms with Gasteiger partial charge in [0.05, 0.1) is 43.4 Å². The molecule has 0 radical (unpaired) electrons. The lowest BCUT2D eigenvalue weighted by molar-refractivity contribution is -0.908. The molecule has 2 N–H and O–H groups in total. The van der Waals surface area contributed by atoms with Gasteiger partial charge in [-0.05, 0) is 23.1 Å². The normalized spacial score (nSPS) is 19.6. The molecule has 1 atom stereocenters. The Morgan fingerprint density at radius 1 is 1.34 bits per heavy atom. The first-order valence-electron chi connectivity index (χ1n) is 10.6. The molecule has 1 fully saturated rings. The molecule has 2 aliphatic heterocycles. The fraction of sp³-hybridized carbons (Fsp3) is 0.391. The van der Waals surface area contributed by atoms with Crippen LogP contribution in [0.15, 0.2) is 47.0 Å². The Bertz CT molecular complexity index is 1010. The van der Waals surface area contributed by atoms with Gasteiger partial charge in [-0.3, -0.25) is 9.59 Å². The molecule has 3 heterocycles. The summed E-state index contributed by atoms with van der Waals surface area (Å²) in [6.45, 7) is 4.53. The van der Waals surface area contributed by atoms with Gasteiger partial charge in [0.25, 0.3) is 5.91 Å². The molecular formula is C23H26N2O6S. The van der Waals surface area contributed by atoms with Crippen LogP contribution in [0.4, 0.5) is 0 Å². The monoisotopic (exact) mass is 458 g/mol. The first-order chi connectivity index (χ1) is 15.5. The Balaban J connectivity index is 1.64. The smallest absolute Gasteiger partial charge is 0.290 e. The third-order valence-corrected chi connectivity index (χ3v) is 6.79. The number of methoxy groups -OCH3 is 1. The molecule has 1 saturated heterocycles. The highest BCUT2D eigenvalue weighted by Gasteiger charge is 2.44. The number of rotatable bonds is 8. The minimum absolute atomic E-state index is 0.0388. The number of aliphatic hydroxyl groups is 1. The molecule has 2 aromatic rings. The molecule has 1 amide bonds. The van der Waals surface area contributed by atoms with Crippen molar-refractivity contribution < 1.29 is 34.2 Å². The van der Waals surface area contributed by atoms with Crippen molar-refractivity contribution in [2.24, 2.45) is 0 Å². The van der Waals surface area contributed by atoms with Gasteiger partial charge in [-0.2, -0.15) is 0 Å². The minimum atomic E-state index is -0.786.